The summed E-state index contributed by atoms with van der Waals surface area (Å²) in [4.78, 5) is 26.6. The highest BCUT2D eigenvalue weighted by molar-refractivity contribution is 5.77. The van der Waals surface area contributed by atoms with Crippen LogP contribution in [0, 0.1) is 0 Å². The first-order valence-corrected chi connectivity index (χ1v) is 5.43. The maximum Gasteiger partial charge on any atom is 0.307 e. The van der Waals surface area contributed by atoms with Gasteiger partial charge in [-0.25, -0.2) is 0 Å². The molecule has 17 heavy (non-hydrogen) atoms. The summed E-state index contributed by atoms with van der Waals surface area (Å²) >= 11 is 0. The van der Waals surface area contributed by atoms with Crippen molar-refractivity contribution in [2.75, 3.05) is 7.11 Å². The molecule has 1 aromatic heterocycles. The van der Waals surface area contributed by atoms with Crippen LogP contribution in [0.2, 0.25) is 0 Å². The van der Waals surface area contributed by atoms with E-state index in [1.807, 2.05) is 0 Å². The average molecular weight is 236 g/mol. The summed E-state index contributed by atoms with van der Waals surface area (Å²) in [6.07, 6.45) is 3.74. The second kappa shape index (κ2) is 6.62. The summed E-state index contributed by atoms with van der Waals surface area (Å²) in [5.41, 5.74) is 0.840. The predicted molar refractivity (Wildman–Crippen MR) is 62.0 cm³/mol. The zero-order valence-electron chi connectivity index (χ0n) is 9.97. The highest BCUT2D eigenvalue weighted by Crippen LogP contribution is 2.16. The van der Waals surface area contributed by atoms with E-state index in [0.29, 0.717) is 6.42 Å². The minimum atomic E-state index is -0.363. The molecule has 1 heterocycles. The van der Waals surface area contributed by atoms with Gasteiger partial charge in [0.1, 0.15) is 0 Å². The Morgan fingerprint density at radius 2 is 2.06 bits per heavy atom. The molecule has 0 saturated heterocycles. The zero-order chi connectivity index (χ0) is 12.7. The zero-order valence-corrected chi connectivity index (χ0v) is 9.97. The number of nitrogens with zero attached hydrogens (tertiary/aromatic N) is 1. The highest BCUT2D eigenvalue weighted by atomic mass is 16.5. The predicted octanol–water partition coefficient (Wildman–Crippen LogP) is 1.21. The molecule has 1 amide bonds. The fraction of sp³-hybridized carbons (Fsp3) is 0.417. The minimum Gasteiger partial charge on any atom is -0.469 e. The number of hydrogen-bond donors (Lipinski definition) is 1. The summed E-state index contributed by atoms with van der Waals surface area (Å²) in [7, 11) is 1.33. The van der Waals surface area contributed by atoms with Gasteiger partial charge in [-0.1, -0.05) is 6.92 Å². The highest BCUT2D eigenvalue weighted by Gasteiger charge is 2.17. The molecular weight excluding hydrogens is 220 g/mol. The summed E-state index contributed by atoms with van der Waals surface area (Å²) in [5, 5.41) is 2.78. The van der Waals surface area contributed by atoms with E-state index in [0.717, 1.165) is 5.56 Å². The topological polar surface area (TPSA) is 68.3 Å². The number of carbonyl (C=O) groups excluding carboxylic acids is 2. The van der Waals surface area contributed by atoms with Crippen LogP contribution in [0.15, 0.2) is 24.5 Å². The number of aromatic nitrogens is 1. The van der Waals surface area contributed by atoms with E-state index in [-0.39, 0.29) is 24.3 Å². The van der Waals surface area contributed by atoms with E-state index in [4.69, 9.17) is 0 Å². The fourth-order valence-corrected chi connectivity index (χ4v) is 1.39. The van der Waals surface area contributed by atoms with Crippen molar-refractivity contribution < 1.29 is 14.3 Å². The number of methoxy groups -OCH3 is 1. The van der Waals surface area contributed by atoms with Crippen molar-refractivity contribution in [1.29, 1.82) is 0 Å². The molecule has 0 aliphatic rings. The third-order valence-electron chi connectivity index (χ3n) is 2.36. The molecule has 0 aliphatic carbocycles. The van der Waals surface area contributed by atoms with Crippen molar-refractivity contribution in [2.24, 2.45) is 0 Å². The lowest BCUT2D eigenvalue weighted by Crippen LogP contribution is -2.29. The van der Waals surface area contributed by atoms with Crippen LogP contribution in [-0.2, 0) is 14.3 Å². The molecule has 0 unspecified atom stereocenters. The van der Waals surface area contributed by atoms with Gasteiger partial charge in [0.15, 0.2) is 0 Å². The van der Waals surface area contributed by atoms with Gasteiger partial charge in [0.2, 0.25) is 5.91 Å². The lowest BCUT2D eigenvalue weighted by atomic mass is 10.1. The SMILES string of the molecule is CCC(=O)N[C@@H](CC(=O)OC)c1ccncc1. The van der Waals surface area contributed by atoms with Crippen LogP contribution < -0.4 is 5.32 Å². The minimum absolute atomic E-state index is 0.101. The Morgan fingerprint density at radius 1 is 1.41 bits per heavy atom. The Morgan fingerprint density at radius 3 is 2.59 bits per heavy atom. The first-order valence-electron chi connectivity index (χ1n) is 5.43. The molecule has 1 N–H and O–H groups in total. The van der Waals surface area contributed by atoms with Gasteiger partial charge in [-0.3, -0.25) is 14.6 Å². The van der Waals surface area contributed by atoms with Crippen LogP contribution in [0.4, 0.5) is 0 Å². The molecule has 0 fully saturated rings. The molecule has 0 radical (unpaired) electrons. The maximum atomic E-state index is 11.4. The molecule has 0 aromatic carbocycles. The van der Waals surface area contributed by atoms with Crippen molar-refractivity contribution in [3.8, 4) is 0 Å². The van der Waals surface area contributed by atoms with Crippen molar-refractivity contribution in [2.45, 2.75) is 25.8 Å². The van der Waals surface area contributed by atoms with Gasteiger partial charge in [0, 0.05) is 18.8 Å². The molecule has 1 rings (SSSR count). The molecule has 1 aromatic rings. The number of rotatable bonds is 5. The van der Waals surface area contributed by atoms with Crippen molar-refractivity contribution >= 4 is 11.9 Å². The maximum absolute atomic E-state index is 11.4. The molecule has 0 saturated carbocycles. The number of esters is 1. The van der Waals surface area contributed by atoms with Crippen molar-refractivity contribution in [3.63, 3.8) is 0 Å². The lowest BCUT2D eigenvalue weighted by molar-refractivity contribution is -0.141. The third-order valence-corrected chi connectivity index (χ3v) is 2.36. The number of ether oxygens (including phenoxy) is 1. The van der Waals surface area contributed by atoms with Crippen LogP contribution in [0.3, 0.4) is 0 Å². The van der Waals surface area contributed by atoms with Gasteiger partial charge in [-0.15, -0.1) is 0 Å². The van der Waals surface area contributed by atoms with Gasteiger partial charge in [-0.05, 0) is 17.7 Å². The van der Waals surface area contributed by atoms with E-state index < -0.39 is 0 Å². The molecule has 0 bridgehead atoms. The Kier molecular flexibility index (Phi) is 5.13. The number of pyridine rings is 1. The molecule has 92 valence electrons. The Labute approximate surface area is 100 Å². The first-order chi connectivity index (χ1) is 8.17. The molecule has 0 spiro atoms. The van der Waals surface area contributed by atoms with Crippen LogP contribution in [0.25, 0.3) is 0 Å². The van der Waals surface area contributed by atoms with Gasteiger partial charge in [0.25, 0.3) is 0 Å². The number of amides is 1. The second-order valence-electron chi connectivity index (χ2n) is 3.53. The molecule has 0 aliphatic heterocycles. The largest absolute Gasteiger partial charge is 0.469 e. The third kappa shape index (κ3) is 4.22. The standard InChI is InChI=1S/C12H16N2O3/c1-3-11(15)14-10(8-12(16)17-2)9-4-6-13-7-5-9/h4-7,10H,3,8H2,1-2H3,(H,14,15)/t10-/m0/s1. The Hall–Kier alpha value is -1.91. The van der Waals surface area contributed by atoms with E-state index in [1.54, 1.807) is 31.5 Å². The van der Waals surface area contributed by atoms with E-state index in [1.165, 1.54) is 7.11 Å². The van der Waals surface area contributed by atoms with Crippen LogP contribution in [0.1, 0.15) is 31.4 Å². The second-order valence-corrected chi connectivity index (χ2v) is 3.53. The summed E-state index contributed by atoms with van der Waals surface area (Å²) < 4.78 is 4.61. The van der Waals surface area contributed by atoms with Crippen molar-refractivity contribution in [1.82, 2.24) is 10.3 Å². The van der Waals surface area contributed by atoms with Gasteiger partial charge in [0.05, 0.1) is 19.6 Å². The summed E-state index contributed by atoms with van der Waals surface area (Å²) in [6, 6.07) is 3.17. The lowest BCUT2D eigenvalue weighted by Gasteiger charge is -2.17. The van der Waals surface area contributed by atoms with E-state index in [2.05, 4.69) is 15.0 Å². The quantitative estimate of drug-likeness (QED) is 0.780. The molecule has 5 nitrogen and oxygen atoms in total. The van der Waals surface area contributed by atoms with Gasteiger partial charge < -0.3 is 10.1 Å². The monoisotopic (exact) mass is 236 g/mol. The van der Waals surface area contributed by atoms with Crippen LogP contribution >= 0.6 is 0 Å². The smallest absolute Gasteiger partial charge is 0.307 e. The average Bonchev–Trinajstić information content (AvgIpc) is 2.38. The number of hydrogen-bond acceptors (Lipinski definition) is 4. The van der Waals surface area contributed by atoms with Crippen LogP contribution in [0.5, 0.6) is 0 Å². The normalized spacial score (nSPS) is 11.6. The number of carbonyl (C=O) groups is 2. The molecular formula is C12H16N2O3. The molecule has 5 heteroatoms. The number of nitrogens with one attached hydrogen (secondary N) is 1. The fourth-order valence-electron chi connectivity index (χ4n) is 1.39. The van der Waals surface area contributed by atoms with Gasteiger partial charge in [-0.2, -0.15) is 0 Å². The Balaban J connectivity index is 2.79. The first kappa shape index (κ1) is 13.2. The summed E-state index contributed by atoms with van der Waals surface area (Å²) in [5.74, 6) is -0.459. The Bertz CT molecular complexity index is 361. The van der Waals surface area contributed by atoms with Gasteiger partial charge >= 0.3 is 5.97 Å². The van der Waals surface area contributed by atoms with E-state index in [9.17, 15) is 9.59 Å². The van der Waals surface area contributed by atoms with Crippen LogP contribution in [-0.4, -0.2) is 24.0 Å². The summed E-state index contributed by atoms with van der Waals surface area (Å²) in [6.45, 7) is 1.76. The van der Waals surface area contributed by atoms with E-state index >= 15 is 0 Å². The molecule has 1 atom stereocenters. The van der Waals surface area contributed by atoms with Crippen molar-refractivity contribution in [3.05, 3.63) is 30.1 Å².